The van der Waals surface area contributed by atoms with Crippen LogP contribution in [0.1, 0.15) is 25.3 Å². The summed E-state index contributed by atoms with van der Waals surface area (Å²) < 4.78 is 41.7. The first kappa shape index (κ1) is 22.7. The number of rotatable bonds is 7. The number of oxime groups is 1. The first-order valence-corrected chi connectivity index (χ1v) is 11.3. The van der Waals surface area contributed by atoms with Crippen LogP contribution in [0.15, 0.2) is 47.6 Å². The maximum Gasteiger partial charge on any atom is 0.264 e. The minimum Gasteiger partial charge on any atom is -0.497 e. The van der Waals surface area contributed by atoms with Crippen LogP contribution in [0.3, 0.4) is 0 Å². The first-order chi connectivity index (χ1) is 14.6. The molecule has 1 heterocycles. The Balaban J connectivity index is 1.74. The van der Waals surface area contributed by atoms with Gasteiger partial charge >= 0.3 is 0 Å². The molecule has 0 radical (unpaired) electrons. The van der Waals surface area contributed by atoms with Gasteiger partial charge in [-0.2, -0.15) is 0 Å². The lowest BCUT2D eigenvalue weighted by Crippen LogP contribution is -2.51. The number of ether oxygens (including phenoxy) is 1. The summed E-state index contributed by atoms with van der Waals surface area (Å²) >= 11 is 0. The summed E-state index contributed by atoms with van der Waals surface area (Å²) in [5, 5.41) is 13.0. The summed E-state index contributed by atoms with van der Waals surface area (Å²) in [6.45, 7) is 1.23. The first-order valence-electron chi connectivity index (χ1n) is 9.40. The number of nitrogens with one attached hydrogen (secondary N) is 1. The van der Waals surface area contributed by atoms with Gasteiger partial charge in [-0.3, -0.25) is 10.0 Å². The molecule has 0 aliphatic carbocycles. The Hall–Kier alpha value is -2.98. The van der Waals surface area contributed by atoms with Crippen molar-refractivity contribution in [2.45, 2.75) is 30.6 Å². The largest absolute Gasteiger partial charge is 0.497 e. The fraction of sp³-hybridized carbons (Fsp3) is 0.333. The van der Waals surface area contributed by atoms with Crippen molar-refractivity contribution in [3.8, 4) is 16.9 Å². The van der Waals surface area contributed by atoms with Gasteiger partial charge in [-0.25, -0.2) is 18.3 Å². The van der Waals surface area contributed by atoms with Crippen LogP contribution in [0.4, 0.5) is 4.39 Å². The Morgan fingerprint density at radius 1 is 1.29 bits per heavy atom. The smallest absolute Gasteiger partial charge is 0.264 e. The van der Waals surface area contributed by atoms with Crippen LogP contribution in [0.25, 0.3) is 11.1 Å². The SMILES string of the molecule is COc1ccc(-c2ccc(C3=NOC(CC(C)(C(=O)NO)S(C)(=O)=O)C3)cc2)c(F)c1. The molecule has 2 aromatic rings. The Morgan fingerprint density at radius 2 is 1.94 bits per heavy atom. The van der Waals surface area contributed by atoms with Gasteiger partial charge in [-0.05, 0) is 30.2 Å². The van der Waals surface area contributed by atoms with Gasteiger partial charge in [0.25, 0.3) is 5.91 Å². The topological polar surface area (TPSA) is 114 Å². The summed E-state index contributed by atoms with van der Waals surface area (Å²) in [4.78, 5) is 17.3. The van der Waals surface area contributed by atoms with E-state index >= 15 is 0 Å². The molecule has 2 unspecified atom stereocenters. The van der Waals surface area contributed by atoms with Crippen LogP contribution in [0.2, 0.25) is 0 Å². The normalized spacial score (nSPS) is 18.0. The second-order valence-electron chi connectivity index (χ2n) is 7.54. The highest BCUT2D eigenvalue weighted by atomic mass is 32.2. The van der Waals surface area contributed by atoms with Gasteiger partial charge in [-0.1, -0.05) is 29.4 Å². The highest BCUT2D eigenvalue weighted by molar-refractivity contribution is 7.92. The molecule has 1 aliphatic heterocycles. The maximum absolute atomic E-state index is 14.3. The van der Waals surface area contributed by atoms with E-state index in [1.165, 1.54) is 25.6 Å². The predicted octanol–water partition coefficient (Wildman–Crippen LogP) is 2.69. The van der Waals surface area contributed by atoms with Crippen LogP contribution in [-0.2, 0) is 19.5 Å². The Kier molecular flexibility index (Phi) is 6.33. The molecule has 166 valence electrons. The third kappa shape index (κ3) is 4.54. The summed E-state index contributed by atoms with van der Waals surface area (Å²) in [6, 6.07) is 11.6. The van der Waals surface area contributed by atoms with E-state index in [9.17, 15) is 17.6 Å². The third-order valence-corrected chi connectivity index (χ3v) is 7.44. The number of carbonyl (C=O) groups is 1. The van der Waals surface area contributed by atoms with Crippen LogP contribution in [0.5, 0.6) is 5.75 Å². The Bertz CT molecular complexity index is 1120. The van der Waals surface area contributed by atoms with Gasteiger partial charge in [0.15, 0.2) is 14.6 Å². The number of amides is 1. The molecule has 31 heavy (non-hydrogen) atoms. The molecule has 1 aliphatic rings. The molecule has 1 amide bonds. The number of hydrogen-bond acceptors (Lipinski definition) is 7. The molecule has 0 saturated carbocycles. The zero-order valence-corrected chi connectivity index (χ0v) is 18.1. The van der Waals surface area contributed by atoms with Crippen molar-refractivity contribution in [1.29, 1.82) is 0 Å². The van der Waals surface area contributed by atoms with E-state index in [4.69, 9.17) is 14.8 Å². The second-order valence-corrected chi connectivity index (χ2v) is 9.99. The van der Waals surface area contributed by atoms with Gasteiger partial charge in [0.05, 0.1) is 12.8 Å². The molecule has 0 aromatic heterocycles. The van der Waals surface area contributed by atoms with Crippen molar-refractivity contribution in [1.82, 2.24) is 5.48 Å². The quantitative estimate of drug-likeness (QED) is 0.495. The number of sulfone groups is 1. The van der Waals surface area contributed by atoms with E-state index in [1.807, 2.05) is 0 Å². The second kappa shape index (κ2) is 8.64. The van der Waals surface area contributed by atoms with Gasteiger partial charge in [0, 0.05) is 30.7 Å². The summed E-state index contributed by atoms with van der Waals surface area (Å²) in [5.41, 5.74) is 3.81. The lowest BCUT2D eigenvalue weighted by Gasteiger charge is -2.26. The minimum absolute atomic E-state index is 0.180. The van der Waals surface area contributed by atoms with Crippen LogP contribution in [0, 0.1) is 5.82 Å². The zero-order chi connectivity index (χ0) is 22.8. The highest BCUT2D eigenvalue weighted by Gasteiger charge is 2.47. The number of benzene rings is 2. The lowest BCUT2D eigenvalue weighted by atomic mass is 9.95. The molecule has 0 bridgehead atoms. The van der Waals surface area contributed by atoms with Crippen LogP contribution in [-0.4, -0.2) is 49.5 Å². The van der Waals surface area contributed by atoms with Crippen molar-refractivity contribution >= 4 is 21.5 Å². The number of hydrogen-bond donors (Lipinski definition) is 2. The molecule has 2 aromatic carbocycles. The average molecular weight is 450 g/mol. The van der Waals surface area contributed by atoms with E-state index in [0.29, 0.717) is 22.6 Å². The number of nitrogens with zero attached hydrogens (tertiary/aromatic N) is 1. The van der Waals surface area contributed by atoms with E-state index in [1.54, 1.807) is 36.4 Å². The molecular weight excluding hydrogens is 427 g/mol. The van der Waals surface area contributed by atoms with Crippen molar-refractivity contribution in [3.05, 3.63) is 53.8 Å². The Morgan fingerprint density at radius 3 is 2.48 bits per heavy atom. The summed E-state index contributed by atoms with van der Waals surface area (Å²) in [5.74, 6) is -1.01. The van der Waals surface area contributed by atoms with E-state index in [2.05, 4.69) is 5.16 Å². The summed E-state index contributed by atoms with van der Waals surface area (Å²) in [7, 11) is -2.37. The van der Waals surface area contributed by atoms with Crippen LogP contribution < -0.4 is 10.2 Å². The van der Waals surface area contributed by atoms with Gasteiger partial charge in [0.2, 0.25) is 0 Å². The van der Waals surface area contributed by atoms with Crippen molar-refractivity contribution in [2.75, 3.05) is 13.4 Å². The molecule has 0 spiro atoms. The van der Waals surface area contributed by atoms with E-state index in [-0.39, 0.29) is 12.8 Å². The van der Waals surface area contributed by atoms with Crippen molar-refractivity contribution < 1.29 is 32.4 Å². The number of hydroxylamine groups is 1. The number of methoxy groups -OCH3 is 1. The zero-order valence-electron chi connectivity index (χ0n) is 17.3. The molecule has 2 N–H and O–H groups in total. The maximum atomic E-state index is 14.3. The van der Waals surface area contributed by atoms with Gasteiger partial charge in [-0.15, -0.1) is 0 Å². The fourth-order valence-electron chi connectivity index (χ4n) is 3.37. The molecule has 3 rings (SSSR count). The van der Waals surface area contributed by atoms with Gasteiger partial charge < -0.3 is 9.57 Å². The lowest BCUT2D eigenvalue weighted by molar-refractivity contribution is -0.132. The number of halogens is 1. The molecule has 10 heteroatoms. The standard InChI is InChI=1S/C21H23FN2O6S/c1-21(20(25)23-26,31(3,27)28)12-16-11-19(24-30-16)14-6-4-13(5-7-14)17-9-8-15(29-2)10-18(17)22/h4-10,16,26H,11-12H2,1-3H3,(H,23,25). The molecule has 0 saturated heterocycles. The van der Waals surface area contributed by atoms with E-state index in [0.717, 1.165) is 11.8 Å². The molecular formula is C21H23FN2O6S. The van der Waals surface area contributed by atoms with Gasteiger partial charge in [0.1, 0.15) is 17.7 Å². The minimum atomic E-state index is -3.84. The fourth-order valence-corrected chi connectivity index (χ4v) is 4.24. The predicted molar refractivity (Wildman–Crippen MR) is 112 cm³/mol. The molecule has 0 fully saturated rings. The monoisotopic (exact) mass is 450 g/mol. The third-order valence-electron chi connectivity index (χ3n) is 5.46. The summed E-state index contributed by atoms with van der Waals surface area (Å²) in [6.07, 6.45) is 0.363. The Labute approximate surface area is 179 Å². The number of carbonyl (C=O) groups excluding carboxylic acids is 1. The average Bonchev–Trinajstić information content (AvgIpc) is 3.20. The molecule has 2 atom stereocenters. The van der Waals surface area contributed by atoms with Crippen LogP contribution >= 0.6 is 0 Å². The van der Waals surface area contributed by atoms with E-state index < -0.39 is 32.4 Å². The van der Waals surface area contributed by atoms with Crippen molar-refractivity contribution in [3.63, 3.8) is 0 Å². The van der Waals surface area contributed by atoms with Crippen molar-refractivity contribution in [2.24, 2.45) is 5.16 Å². The highest BCUT2D eigenvalue weighted by Crippen LogP contribution is 2.31. The molecule has 8 nitrogen and oxygen atoms in total.